The highest BCUT2D eigenvalue weighted by molar-refractivity contribution is 5.40. The molecule has 0 spiro atoms. The largest absolute Gasteiger partial charge is 0.348 e. The van der Waals surface area contributed by atoms with E-state index in [2.05, 4.69) is 30.1 Å². The van der Waals surface area contributed by atoms with Crippen LogP contribution in [0.5, 0.6) is 0 Å². The highest BCUT2D eigenvalue weighted by atomic mass is 16.5. The smallest absolute Gasteiger partial charge is 0.244 e. The molecule has 0 aromatic carbocycles. The molecule has 0 aliphatic rings. The lowest BCUT2D eigenvalue weighted by Crippen LogP contribution is -2.14. The first kappa shape index (κ1) is 10.7. The van der Waals surface area contributed by atoms with Crippen molar-refractivity contribution in [2.45, 2.75) is 12.5 Å². The van der Waals surface area contributed by atoms with E-state index in [1.165, 1.54) is 0 Å². The van der Waals surface area contributed by atoms with Gasteiger partial charge in [0, 0.05) is 30.7 Å². The molecular weight excluding hydrogens is 234 g/mol. The van der Waals surface area contributed by atoms with Gasteiger partial charge in [-0.25, -0.2) is 9.97 Å². The topological polar surface area (TPSA) is 122 Å². The van der Waals surface area contributed by atoms with Crippen LogP contribution in [0, 0.1) is 0 Å². The van der Waals surface area contributed by atoms with Gasteiger partial charge in [0.05, 0.1) is 12.4 Å². The van der Waals surface area contributed by atoms with Crippen LogP contribution in [0.4, 0.5) is 0 Å². The lowest BCUT2D eigenvalue weighted by Gasteiger charge is -2.03. The van der Waals surface area contributed by atoms with Crippen molar-refractivity contribution in [2.75, 3.05) is 0 Å². The average Bonchev–Trinajstić information content (AvgIpc) is 3.11. The standard InChI is InChI=1S/C10H11N7O/c11-7(3-6-4-12-5-15-6)10-16-9(17-18-10)8-13-1-2-14-8/h1-2,4-5,7H,3,11H2,(H,12,15)(H,13,14)/t7-/m1/s1. The van der Waals surface area contributed by atoms with Gasteiger partial charge in [-0.1, -0.05) is 5.16 Å². The number of hydrogen-bond donors (Lipinski definition) is 3. The predicted molar refractivity (Wildman–Crippen MR) is 61.1 cm³/mol. The number of aromatic nitrogens is 6. The van der Waals surface area contributed by atoms with Gasteiger partial charge in [-0.05, 0) is 0 Å². The zero-order valence-electron chi connectivity index (χ0n) is 9.37. The Labute approximate surface area is 102 Å². The summed E-state index contributed by atoms with van der Waals surface area (Å²) in [5, 5.41) is 3.82. The third kappa shape index (κ3) is 2.00. The van der Waals surface area contributed by atoms with Gasteiger partial charge >= 0.3 is 0 Å². The SMILES string of the molecule is N[C@H](Cc1cnc[nH]1)c1nc(-c2ncc[nH]2)no1. The lowest BCUT2D eigenvalue weighted by molar-refractivity contribution is 0.353. The molecule has 0 fully saturated rings. The fraction of sp³-hybridized carbons (Fsp3) is 0.200. The summed E-state index contributed by atoms with van der Waals surface area (Å²) in [7, 11) is 0. The number of rotatable bonds is 4. The fourth-order valence-electron chi connectivity index (χ4n) is 1.59. The zero-order valence-corrected chi connectivity index (χ0v) is 9.37. The molecule has 0 unspecified atom stereocenters. The molecule has 8 heteroatoms. The number of nitrogens with two attached hydrogens (primary N) is 1. The highest BCUT2D eigenvalue weighted by Gasteiger charge is 2.17. The third-order valence-electron chi connectivity index (χ3n) is 2.46. The molecule has 3 heterocycles. The van der Waals surface area contributed by atoms with E-state index in [-0.39, 0.29) is 6.04 Å². The maximum absolute atomic E-state index is 5.98. The van der Waals surface area contributed by atoms with Crippen LogP contribution in [0.1, 0.15) is 17.6 Å². The van der Waals surface area contributed by atoms with Crippen molar-refractivity contribution in [3.8, 4) is 11.6 Å². The molecule has 0 saturated carbocycles. The van der Waals surface area contributed by atoms with Gasteiger partial charge in [0.25, 0.3) is 0 Å². The summed E-state index contributed by atoms with van der Waals surface area (Å²) >= 11 is 0. The van der Waals surface area contributed by atoms with Crippen LogP contribution in [-0.2, 0) is 6.42 Å². The Hall–Kier alpha value is -2.48. The van der Waals surface area contributed by atoms with Crippen molar-refractivity contribution < 1.29 is 4.52 Å². The van der Waals surface area contributed by atoms with Gasteiger partial charge in [0.2, 0.25) is 11.7 Å². The summed E-state index contributed by atoms with van der Waals surface area (Å²) < 4.78 is 5.12. The van der Waals surface area contributed by atoms with E-state index in [0.717, 1.165) is 5.69 Å². The Morgan fingerprint density at radius 2 is 2.33 bits per heavy atom. The van der Waals surface area contributed by atoms with Gasteiger partial charge in [-0.2, -0.15) is 4.98 Å². The monoisotopic (exact) mass is 245 g/mol. The van der Waals surface area contributed by atoms with Crippen LogP contribution >= 0.6 is 0 Å². The lowest BCUT2D eigenvalue weighted by atomic mass is 10.2. The first-order valence-electron chi connectivity index (χ1n) is 5.39. The number of hydrogen-bond acceptors (Lipinski definition) is 6. The molecule has 0 saturated heterocycles. The van der Waals surface area contributed by atoms with E-state index >= 15 is 0 Å². The van der Waals surface area contributed by atoms with Gasteiger partial charge in [0.15, 0.2) is 5.82 Å². The molecule has 0 aliphatic heterocycles. The van der Waals surface area contributed by atoms with Crippen LogP contribution in [0.2, 0.25) is 0 Å². The van der Waals surface area contributed by atoms with Crippen LogP contribution in [0.15, 0.2) is 29.4 Å². The Kier molecular flexibility index (Phi) is 2.61. The van der Waals surface area contributed by atoms with Crippen LogP contribution < -0.4 is 5.73 Å². The maximum Gasteiger partial charge on any atom is 0.244 e. The molecular formula is C10H11N7O. The number of nitrogens with one attached hydrogen (secondary N) is 2. The summed E-state index contributed by atoms with van der Waals surface area (Å²) in [6.07, 6.45) is 7.18. The minimum Gasteiger partial charge on any atom is -0.348 e. The third-order valence-corrected chi connectivity index (χ3v) is 2.46. The summed E-state index contributed by atoms with van der Waals surface area (Å²) in [5.74, 6) is 1.32. The first-order valence-corrected chi connectivity index (χ1v) is 5.39. The normalized spacial score (nSPS) is 12.7. The van der Waals surface area contributed by atoms with Crippen molar-refractivity contribution in [3.63, 3.8) is 0 Å². The second-order valence-corrected chi connectivity index (χ2v) is 3.78. The summed E-state index contributed by atoms with van der Waals surface area (Å²) in [5.41, 5.74) is 6.90. The maximum atomic E-state index is 5.98. The Bertz CT molecular complexity index is 598. The van der Waals surface area contributed by atoms with E-state index < -0.39 is 0 Å². The molecule has 3 aromatic rings. The highest BCUT2D eigenvalue weighted by Crippen LogP contribution is 2.16. The van der Waals surface area contributed by atoms with Crippen molar-refractivity contribution in [2.24, 2.45) is 5.73 Å². The number of imidazole rings is 2. The molecule has 3 aromatic heterocycles. The van der Waals surface area contributed by atoms with Crippen molar-refractivity contribution in [1.29, 1.82) is 0 Å². The van der Waals surface area contributed by atoms with E-state index in [9.17, 15) is 0 Å². The average molecular weight is 245 g/mol. The predicted octanol–water partition coefficient (Wildman–Crippen LogP) is 0.425. The quantitative estimate of drug-likeness (QED) is 0.612. The number of aromatic amines is 2. The second-order valence-electron chi connectivity index (χ2n) is 3.78. The van der Waals surface area contributed by atoms with Gasteiger partial charge < -0.3 is 20.2 Å². The molecule has 0 amide bonds. The Morgan fingerprint density at radius 3 is 3.06 bits per heavy atom. The minimum absolute atomic E-state index is 0.371. The van der Waals surface area contributed by atoms with E-state index in [0.29, 0.717) is 24.0 Å². The van der Waals surface area contributed by atoms with Crippen molar-refractivity contribution in [1.82, 2.24) is 30.1 Å². The van der Waals surface area contributed by atoms with Crippen molar-refractivity contribution >= 4 is 0 Å². The minimum atomic E-state index is -0.373. The second kappa shape index (κ2) is 4.41. The van der Waals surface area contributed by atoms with Crippen LogP contribution in [-0.4, -0.2) is 30.1 Å². The molecule has 1 atom stereocenters. The van der Waals surface area contributed by atoms with Gasteiger partial charge in [-0.3, -0.25) is 0 Å². The Balaban J connectivity index is 1.77. The first-order chi connectivity index (χ1) is 8.83. The van der Waals surface area contributed by atoms with Crippen LogP contribution in [0.3, 0.4) is 0 Å². The zero-order chi connectivity index (χ0) is 12.4. The summed E-state index contributed by atoms with van der Waals surface area (Å²) in [6, 6.07) is -0.373. The molecule has 4 N–H and O–H groups in total. The molecule has 0 aliphatic carbocycles. The van der Waals surface area contributed by atoms with Crippen molar-refractivity contribution in [3.05, 3.63) is 36.5 Å². The van der Waals surface area contributed by atoms with E-state index in [4.69, 9.17) is 10.3 Å². The molecule has 8 nitrogen and oxygen atoms in total. The summed E-state index contributed by atoms with van der Waals surface area (Å²) in [6.45, 7) is 0. The van der Waals surface area contributed by atoms with E-state index in [1.807, 2.05) is 0 Å². The molecule has 3 rings (SSSR count). The number of nitrogens with zero attached hydrogens (tertiary/aromatic N) is 4. The van der Waals surface area contributed by atoms with Crippen LogP contribution in [0.25, 0.3) is 11.6 Å². The number of H-pyrrole nitrogens is 2. The Morgan fingerprint density at radius 1 is 1.39 bits per heavy atom. The molecule has 92 valence electrons. The van der Waals surface area contributed by atoms with E-state index in [1.54, 1.807) is 24.9 Å². The fourth-order valence-corrected chi connectivity index (χ4v) is 1.59. The van der Waals surface area contributed by atoms with Gasteiger partial charge in [-0.15, -0.1) is 0 Å². The molecule has 0 bridgehead atoms. The molecule has 18 heavy (non-hydrogen) atoms. The molecule has 0 radical (unpaired) electrons. The summed E-state index contributed by atoms with van der Waals surface area (Å²) in [4.78, 5) is 18.0. The van der Waals surface area contributed by atoms with Gasteiger partial charge in [0.1, 0.15) is 0 Å².